The molecule has 1 saturated heterocycles. The monoisotopic (exact) mass is 414 g/mol. The predicted octanol–water partition coefficient (Wildman–Crippen LogP) is 5.98. The third-order valence-electron chi connectivity index (χ3n) is 5.94. The van der Waals surface area contributed by atoms with Gasteiger partial charge in [0.2, 0.25) is 0 Å². The van der Waals surface area contributed by atoms with E-state index in [-0.39, 0.29) is 12.2 Å². The molecule has 5 heteroatoms. The van der Waals surface area contributed by atoms with Crippen molar-refractivity contribution in [3.63, 3.8) is 0 Å². The van der Waals surface area contributed by atoms with Crippen LogP contribution in [0.5, 0.6) is 5.75 Å². The molecule has 5 rings (SSSR count). The summed E-state index contributed by atoms with van der Waals surface area (Å²) in [6.07, 6.45) is 3.92. The standard InChI is InChI=1S/C26H26N2O3/c1-16(2)24-25(31-15-30-24)18-8-6-7-17(11-18)19-12-21-22(14-28-26(21)27-13-19)20-9-4-5-10-23(20)29-3/h4-14,16,24-25H,15H2,1-3H3,(H,27,28)/t24-,25-/m1/s1. The van der Waals surface area contributed by atoms with E-state index in [0.29, 0.717) is 12.7 Å². The Labute approximate surface area is 182 Å². The van der Waals surface area contributed by atoms with Gasteiger partial charge in [0.15, 0.2) is 0 Å². The van der Waals surface area contributed by atoms with Crippen molar-refractivity contribution in [2.75, 3.05) is 13.9 Å². The first kappa shape index (κ1) is 19.8. The minimum atomic E-state index is -0.0481. The molecular formula is C26H26N2O3. The van der Waals surface area contributed by atoms with Crippen molar-refractivity contribution in [2.24, 2.45) is 5.92 Å². The number of pyridine rings is 1. The van der Waals surface area contributed by atoms with Crippen molar-refractivity contribution in [3.8, 4) is 28.0 Å². The summed E-state index contributed by atoms with van der Waals surface area (Å²) in [5.74, 6) is 1.23. The van der Waals surface area contributed by atoms with Crippen molar-refractivity contribution in [2.45, 2.75) is 26.1 Å². The maximum Gasteiger partial charge on any atom is 0.148 e. The first-order chi connectivity index (χ1) is 15.2. The minimum absolute atomic E-state index is 0.0481. The van der Waals surface area contributed by atoms with E-state index < -0.39 is 0 Å². The van der Waals surface area contributed by atoms with Crippen LogP contribution in [0.2, 0.25) is 0 Å². The molecule has 1 fully saturated rings. The van der Waals surface area contributed by atoms with Gasteiger partial charge < -0.3 is 19.2 Å². The fourth-order valence-electron chi connectivity index (χ4n) is 4.35. The lowest BCUT2D eigenvalue weighted by Crippen LogP contribution is -2.21. The van der Waals surface area contributed by atoms with E-state index in [1.165, 1.54) is 0 Å². The number of benzene rings is 2. The van der Waals surface area contributed by atoms with Crippen LogP contribution in [0.1, 0.15) is 25.5 Å². The molecule has 5 nitrogen and oxygen atoms in total. The highest BCUT2D eigenvalue weighted by atomic mass is 16.7. The Kier molecular flexibility index (Phi) is 5.22. The summed E-state index contributed by atoms with van der Waals surface area (Å²) in [6.45, 7) is 4.68. The summed E-state index contributed by atoms with van der Waals surface area (Å²) in [5, 5.41) is 1.06. The number of fused-ring (bicyclic) bond motifs is 1. The van der Waals surface area contributed by atoms with Gasteiger partial charge in [-0.2, -0.15) is 0 Å². The van der Waals surface area contributed by atoms with Crippen LogP contribution in [0.15, 0.2) is 67.0 Å². The van der Waals surface area contributed by atoms with Gasteiger partial charge in [0.1, 0.15) is 24.3 Å². The normalized spacial score (nSPS) is 18.7. The van der Waals surface area contributed by atoms with Crippen molar-refractivity contribution in [1.82, 2.24) is 9.97 Å². The van der Waals surface area contributed by atoms with Crippen LogP contribution < -0.4 is 4.74 Å². The van der Waals surface area contributed by atoms with Gasteiger partial charge >= 0.3 is 0 Å². The lowest BCUT2D eigenvalue weighted by Gasteiger charge is -2.21. The van der Waals surface area contributed by atoms with E-state index in [1.54, 1.807) is 7.11 Å². The summed E-state index contributed by atoms with van der Waals surface area (Å²) < 4.78 is 17.3. The molecule has 1 aliphatic rings. The molecule has 0 aliphatic carbocycles. The minimum Gasteiger partial charge on any atom is -0.496 e. The zero-order chi connectivity index (χ0) is 21.4. The Bertz CT molecular complexity index is 1210. The van der Waals surface area contributed by atoms with Crippen LogP contribution in [-0.4, -0.2) is 30.0 Å². The molecule has 0 amide bonds. The van der Waals surface area contributed by atoms with E-state index in [0.717, 1.165) is 44.6 Å². The molecule has 158 valence electrons. The molecule has 2 aromatic carbocycles. The van der Waals surface area contributed by atoms with Gasteiger partial charge in [-0.05, 0) is 35.2 Å². The van der Waals surface area contributed by atoms with Gasteiger partial charge in [0.05, 0.1) is 13.2 Å². The first-order valence-corrected chi connectivity index (χ1v) is 10.6. The van der Waals surface area contributed by atoms with E-state index in [2.05, 4.69) is 60.2 Å². The average Bonchev–Trinajstić information content (AvgIpc) is 3.46. The van der Waals surface area contributed by atoms with Crippen LogP contribution in [0.3, 0.4) is 0 Å². The number of nitrogens with one attached hydrogen (secondary N) is 1. The fraction of sp³-hybridized carbons (Fsp3) is 0.269. The summed E-state index contributed by atoms with van der Waals surface area (Å²) in [5.41, 5.74) is 6.27. The zero-order valence-corrected chi connectivity index (χ0v) is 18.0. The maximum atomic E-state index is 5.91. The van der Waals surface area contributed by atoms with E-state index in [4.69, 9.17) is 14.2 Å². The second-order valence-corrected chi connectivity index (χ2v) is 8.23. The number of H-pyrrole nitrogens is 1. The number of ether oxygens (including phenoxy) is 3. The lowest BCUT2D eigenvalue weighted by molar-refractivity contribution is 0.0308. The molecule has 3 heterocycles. The van der Waals surface area contributed by atoms with Crippen LogP contribution in [0, 0.1) is 5.92 Å². The summed E-state index contributed by atoms with van der Waals surface area (Å²) in [6, 6.07) is 18.7. The number of hydrogen-bond donors (Lipinski definition) is 1. The second-order valence-electron chi connectivity index (χ2n) is 8.23. The number of rotatable bonds is 5. The van der Waals surface area contributed by atoms with Crippen LogP contribution in [0.4, 0.5) is 0 Å². The van der Waals surface area contributed by atoms with Gasteiger partial charge in [0, 0.05) is 34.5 Å². The Morgan fingerprint density at radius 3 is 2.71 bits per heavy atom. The molecule has 31 heavy (non-hydrogen) atoms. The van der Waals surface area contributed by atoms with Gasteiger partial charge in [-0.15, -0.1) is 0 Å². The molecule has 0 saturated carbocycles. The topological polar surface area (TPSA) is 56.4 Å². The molecule has 0 spiro atoms. The molecule has 4 aromatic rings. The number of hydrogen-bond acceptors (Lipinski definition) is 4. The number of methoxy groups -OCH3 is 1. The molecule has 0 bridgehead atoms. The fourth-order valence-corrected chi connectivity index (χ4v) is 4.35. The smallest absolute Gasteiger partial charge is 0.148 e. The summed E-state index contributed by atoms with van der Waals surface area (Å²) in [4.78, 5) is 7.97. The highest BCUT2D eigenvalue weighted by Crippen LogP contribution is 2.37. The van der Waals surface area contributed by atoms with Gasteiger partial charge in [0.25, 0.3) is 0 Å². The third kappa shape index (κ3) is 3.60. The number of nitrogens with zero attached hydrogens (tertiary/aromatic N) is 1. The Morgan fingerprint density at radius 2 is 1.87 bits per heavy atom. The average molecular weight is 415 g/mol. The molecule has 2 atom stereocenters. The number of aromatic amines is 1. The van der Waals surface area contributed by atoms with Crippen molar-refractivity contribution in [1.29, 1.82) is 0 Å². The molecule has 0 radical (unpaired) electrons. The summed E-state index contributed by atoms with van der Waals surface area (Å²) >= 11 is 0. The van der Waals surface area contributed by atoms with Gasteiger partial charge in [-0.3, -0.25) is 0 Å². The third-order valence-corrected chi connectivity index (χ3v) is 5.94. The molecule has 1 aliphatic heterocycles. The van der Waals surface area contributed by atoms with E-state index in [1.807, 2.05) is 30.6 Å². The highest BCUT2D eigenvalue weighted by Gasteiger charge is 2.33. The van der Waals surface area contributed by atoms with Crippen LogP contribution in [0.25, 0.3) is 33.3 Å². The highest BCUT2D eigenvalue weighted by molar-refractivity contribution is 5.97. The Hall–Kier alpha value is -3.15. The maximum absolute atomic E-state index is 5.91. The predicted molar refractivity (Wildman–Crippen MR) is 122 cm³/mol. The van der Waals surface area contributed by atoms with Crippen molar-refractivity contribution >= 4 is 11.0 Å². The molecule has 1 N–H and O–H groups in total. The van der Waals surface area contributed by atoms with Crippen molar-refractivity contribution < 1.29 is 14.2 Å². The van der Waals surface area contributed by atoms with Crippen LogP contribution >= 0.6 is 0 Å². The quantitative estimate of drug-likeness (QED) is 0.437. The number of aromatic nitrogens is 2. The van der Waals surface area contributed by atoms with Crippen molar-refractivity contribution in [3.05, 3.63) is 72.6 Å². The van der Waals surface area contributed by atoms with E-state index >= 15 is 0 Å². The second kappa shape index (κ2) is 8.17. The van der Waals surface area contributed by atoms with E-state index in [9.17, 15) is 0 Å². The first-order valence-electron chi connectivity index (χ1n) is 10.6. The lowest BCUT2D eigenvalue weighted by atomic mass is 9.94. The van der Waals surface area contributed by atoms with Gasteiger partial charge in [-0.1, -0.05) is 50.2 Å². The van der Waals surface area contributed by atoms with Crippen LogP contribution in [-0.2, 0) is 9.47 Å². The zero-order valence-electron chi connectivity index (χ0n) is 18.0. The molecule has 0 unspecified atom stereocenters. The SMILES string of the molecule is COc1ccccc1-c1c[nH]c2ncc(-c3cccc([C@H]4OCO[C@@H]4C(C)C)c3)cc12. The Morgan fingerprint density at radius 1 is 1.00 bits per heavy atom. The Balaban J connectivity index is 1.56. The summed E-state index contributed by atoms with van der Waals surface area (Å²) in [7, 11) is 1.70. The molecular weight excluding hydrogens is 388 g/mol. The number of para-hydroxylation sites is 1. The molecule has 2 aromatic heterocycles. The van der Waals surface area contributed by atoms with Gasteiger partial charge in [-0.25, -0.2) is 4.98 Å². The largest absolute Gasteiger partial charge is 0.496 e.